The van der Waals surface area contributed by atoms with E-state index in [1.807, 2.05) is 18.2 Å². The monoisotopic (exact) mass is 594 g/mol. The van der Waals surface area contributed by atoms with Crippen LogP contribution in [0.25, 0.3) is 0 Å². The first-order valence-electron chi connectivity index (χ1n) is 17.1. The lowest BCUT2D eigenvalue weighted by Gasteiger charge is -2.14. The third kappa shape index (κ3) is 33.5. The molecule has 0 spiro atoms. The Bertz CT molecular complexity index is 856. The Morgan fingerprint density at radius 1 is 0.581 bits per heavy atom. The summed E-state index contributed by atoms with van der Waals surface area (Å²) in [6, 6.07) is 0. The number of aliphatic carboxylic acids is 1. The molecule has 0 heterocycles. The average molecular weight is 595 g/mol. The number of esters is 1. The summed E-state index contributed by atoms with van der Waals surface area (Å²) in [5, 5.41) is 8.75. The molecular formula is C39H62O4. The van der Waals surface area contributed by atoms with E-state index in [0.717, 1.165) is 89.9 Å². The first kappa shape index (κ1) is 40.1. The van der Waals surface area contributed by atoms with E-state index in [1.54, 1.807) is 0 Å². The van der Waals surface area contributed by atoms with Gasteiger partial charge in [0.2, 0.25) is 0 Å². The van der Waals surface area contributed by atoms with Gasteiger partial charge in [-0.15, -0.1) is 0 Å². The van der Waals surface area contributed by atoms with Gasteiger partial charge in [0.1, 0.15) is 6.10 Å². The number of rotatable bonds is 29. The summed E-state index contributed by atoms with van der Waals surface area (Å²) < 4.78 is 5.81. The first-order valence-corrected chi connectivity index (χ1v) is 17.1. The van der Waals surface area contributed by atoms with Crippen LogP contribution >= 0.6 is 0 Å². The highest BCUT2D eigenvalue weighted by molar-refractivity contribution is 5.71. The van der Waals surface area contributed by atoms with Crippen molar-refractivity contribution in [2.75, 3.05) is 0 Å². The summed E-state index contributed by atoms with van der Waals surface area (Å²) in [6.07, 6.45) is 49.0. The average Bonchev–Trinajstić information content (AvgIpc) is 2.99. The molecule has 0 rings (SSSR count). The topological polar surface area (TPSA) is 63.6 Å². The number of carbonyl (C=O) groups excluding carboxylic acids is 1. The minimum atomic E-state index is -0.715. The Morgan fingerprint density at radius 3 is 1.70 bits per heavy atom. The number of allylic oxidation sites excluding steroid dienone is 12. The summed E-state index contributed by atoms with van der Waals surface area (Å²) in [5.74, 6) is -0.899. The molecule has 0 aliphatic carbocycles. The van der Waals surface area contributed by atoms with Gasteiger partial charge in [0.15, 0.2) is 0 Å². The SMILES string of the molecule is CC/C=C\C/C=C\C/C=C\C/C=C\C/C=C\CC(=O)OC(/C=C\C/C=C\CCCCCC)CCCCCCCCC(=O)O. The summed E-state index contributed by atoms with van der Waals surface area (Å²) in [6.45, 7) is 4.38. The van der Waals surface area contributed by atoms with E-state index in [-0.39, 0.29) is 18.5 Å². The van der Waals surface area contributed by atoms with Gasteiger partial charge in [0, 0.05) is 6.42 Å². The fourth-order valence-electron chi connectivity index (χ4n) is 4.38. The molecule has 0 amide bonds. The van der Waals surface area contributed by atoms with Crippen LogP contribution in [0, 0.1) is 0 Å². The highest BCUT2D eigenvalue weighted by Crippen LogP contribution is 2.14. The van der Waals surface area contributed by atoms with Crippen LogP contribution in [0.5, 0.6) is 0 Å². The number of unbranched alkanes of at least 4 members (excludes halogenated alkanes) is 9. The summed E-state index contributed by atoms with van der Waals surface area (Å²) in [7, 11) is 0. The predicted molar refractivity (Wildman–Crippen MR) is 185 cm³/mol. The lowest BCUT2D eigenvalue weighted by molar-refractivity contribution is -0.146. The maximum Gasteiger partial charge on any atom is 0.310 e. The largest absolute Gasteiger partial charge is 0.481 e. The van der Waals surface area contributed by atoms with Crippen molar-refractivity contribution >= 4 is 11.9 Å². The van der Waals surface area contributed by atoms with E-state index in [9.17, 15) is 9.59 Å². The highest BCUT2D eigenvalue weighted by atomic mass is 16.5. The molecule has 1 N–H and O–H groups in total. The number of carboxylic acids is 1. The highest BCUT2D eigenvalue weighted by Gasteiger charge is 2.10. The van der Waals surface area contributed by atoms with Crippen LogP contribution in [0.1, 0.15) is 142 Å². The van der Waals surface area contributed by atoms with Crippen LogP contribution in [0.15, 0.2) is 85.1 Å². The molecule has 4 heteroatoms. The minimum absolute atomic E-state index is 0.184. The number of hydrogen-bond acceptors (Lipinski definition) is 3. The normalized spacial score (nSPS) is 13.3. The second-order valence-corrected chi connectivity index (χ2v) is 11.0. The van der Waals surface area contributed by atoms with Crippen LogP contribution in [0.2, 0.25) is 0 Å². The maximum absolute atomic E-state index is 12.5. The van der Waals surface area contributed by atoms with E-state index in [0.29, 0.717) is 6.42 Å². The minimum Gasteiger partial charge on any atom is -0.481 e. The zero-order valence-electron chi connectivity index (χ0n) is 27.5. The van der Waals surface area contributed by atoms with Crippen molar-refractivity contribution in [1.82, 2.24) is 0 Å². The molecule has 242 valence electrons. The molecular weight excluding hydrogens is 532 g/mol. The zero-order valence-corrected chi connectivity index (χ0v) is 27.5. The molecule has 0 aromatic heterocycles. The van der Waals surface area contributed by atoms with E-state index >= 15 is 0 Å². The van der Waals surface area contributed by atoms with Crippen LogP contribution in [0.3, 0.4) is 0 Å². The van der Waals surface area contributed by atoms with Crippen molar-refractivity contribution in [2.45, 2.75) is 148 Å². The molecule has 0 fully saturated rings. The molecule has 1 unspecified atom stereocenters. The summed E-state index contributed by atoms with van der Waals surface area (Å²) >= 11 is 0. The number of carbonyl (C=O) groups is 2. The molecule has 0 aliphatic rings. The molecule has 0 aromatic carbocycles. The lowest BCUT2D eigenvalue weighted by atomic mass is 10.1. The van der Waals surface area contributed by atoms with E-state index < -0.39 is 5.97 Å². The van der Waals surface area contributed by atoms with Crippen LogP contribution < -0.4 is 0 Å². The molecule has 0 aromatic rings. The first-order chi connectivity index (χ1) is 21.1. The van der Waals surface area contributed by atoms with Gasteiger partial charge in [-0.05, 0) is 76.7 Å². The predicted octanol–water partition coefficient (Wildman–Crippen LogP) is 11.7. The Morgan fingerprint density at radius 2 is 1.09 bits per heavy atom. The van der Waals surface area contributed by atoms with Crippen molar-refractivity contribution in [3.05, 3.63) is 85.1 Å². The third-order valence-electron chi connectivity index (χ3n) is 6.87. The van der Waals surface area contributed by atoms with Gasteiger partial charge in [-0.25, -0.2) is 0 Å². The fourth-order valence-corrected chi connectivity index (χ4v) is 4.38. The van der Waals surface area contributed by atoms with Crippen molar-refractivity contribution in [2.24, 2.45) is 0 Å². The van der Waals surface area contributed by atoms with Gasteiger partial charge in [-0.1, -0.05) is 138 Å². The molecule has 4 nitrogen and oxygen atoms in total. The van der Waals surface area contributed by atoms with Crippen LogP contribution in [0.4, 0.5) is 0 Å². The Labute approximate surface area is 264 Å². The fraction of sp³-hybridized carbons (Fsp3) is 0.590. The van der Waals surface area contributed by atoms with E-state index in [4.69, 9.17) is 9.84 Å². The molecule has 43 heavy (non-hydrogen) atoms. The second-order valence-electron chi connectivity index (χ2n) is 11.0. The van der Waals surface area contributed by atoms with Crippen molar-refractivity contribution < 1.29 is 19.4 Å². The molecule has 1 atom stereocenters. The van der Waals surface area contributed by atoms with Gasteiger partial charge < -0.3 is 9.84 Å². The summed E-state index contributed by atoms with van der Waals surface area (Å²) in [4.78, 5) is 23.1. The molecule has 0 radical (unpaired) electrons. The lowest BCUT2D eigenvalue weighted by Crippen LogP contribution is -2.15. The van der Waals surface area contributed by atoms with E-state index in [2.05, 4.69) is 80.7 Å². The Balaban J connectivity index is 4.38. The van der Waals surface area contributed by atoms with Gasteiger partial charge in [0.25, 0.3) is 0 Å². The quantitative estimate of drug-likeness (QED) is 0.0531. The van der Waals surface area contributed by atoms with Crippen LogP contribution in [-0.4, -0.2) is 23.1 Å². The standard InChI is InChI=1S/C39H62O4/c1-3-5-7-9-11-13-14-15-16-17-18-20-22-28-32-36-39(42)43-37(33-29-25-21-19-12-10-8-6-4-2)34-30-26-23-24-27-31-35-38(40)41/h5,7,11,13,15-16,18-21,28-29,32-33,37H,3-4,6,8-10,12,14,17,22-27,30-31,34-36H2,1-2H3,(H,40,41)/b7-5-,13-11-,16-15-,20-18-,21-19-,32-28-,33-29-. The van der Waals surface area contributed by atoms with Crippen molar-refractivity contribution in [3.8, 4) is 0 Å². The van der Waals surface area contributed by atoms with Gasteiger partial charge in [-0.2, -0.15) is 0 Å². The molecule has 0 saturated carbocycles. The Hall–Kier alpha value is -2.88. The van der Waals surface area contributed by atoms with Gasteiger partial charge in [-0.3, -0.25) is 9.59 Å². The molecule has 0 saturated heterocycles. The van der Waals surface area contributed by atoms with E-state index in [1.165, 1.54) is 25.7 Å². The summed E-state index contributed by atoms with van der Waals surface area (Å²) in [5.41, 5.74) is 0. The van der Waals surface area contributed by atoms with Gasteiger partial charge >= 0.3 is 11.9 Å². The smallest absolute Gasteiger partial charge is 0.310 e. The van der Waals surface area contributed by atoms with Gasteiger partial charge in [0.05, 0.1) is 6.42 Å². The third-order valence-corrected chi connectivity index (χ3v) is 6.87. The van der Waals surface area contributed by atoms with Crippen molar-refractivity contribution in [1.29, 1.82) is 0 Å². The second kappa shape index (κ2) is 33.6. The molecule has 0 aliphatic heterocycles. The number of ether oxygens (including phenoxy) is 1. The number of hydrogen-bond donors (Lipinski definition) is 1. The Kier molecular flexibility index (Phi) is 31.4. The van der Waals surface area contributed by atoms with Crippen molar-refractivity contribution in [3.63, 3.8) is 0 Å². The zero-order chi connectivity index (χ0) is 31.5. The molecule has 0 bridgehead atoms. The number of carboxylic acid groups (broad SMARTS) is 1. The van der Waals surface area contributed by atoms with Crippen LogP contribution in [-0.2, 0) is 14.3 Å². The maximum atomic E-state index is 12.5.